The zero-order valence-corrected chi connectivity index (χ0v) is 10.4. The van der Waals surface area contributed by atoms with Crippen molar-refractivity contribution in [2.75, 3.05) is 6.61 Å². The lowest BCUT2D eigenvalue weighted by molar-refractivity contribution is 0.287. The van der Waals surface area contributed by atoms with Gasteiger partial charge in [-0.3, -0.25) is 0 Å². The van der Waals surface area contributed by atoms with E-state index < -0.39 is 8.32 Å². The van der Waals surface area contributed by atoms with Gasteiger partial charge in [0.15, 0.2) is 8.32 Å². The van der Waals surface area contributed by atoms with Crippen molar-refractivity contribution in [2.24, 2.45) is 5.92 Å². The lowest BCUT2D eigenvalue weighted by Crippen LogP contribution is -2.25. The van der Waals surface area contributed by atoms with Gasteiger partial charge in [-0.25, -0.2) is 0 Å². The Labute approximate surface area is 84.0 Å². The molecule has 0 spiro atoms. The topological polar surface area (TPSA) is 9.23 Å². The molecule has 1 aliphatic carbocycles. The fourth-order valence-corrected chi connectivity index (χ4v) is 2.81. The van der Waals surface area contributed by atoms with Gasteiger partial charge in [-0.15, -0.1) is 0 Å². The quantitative estimate of drug-likeness (QED) is 0.484. The van der Waals surface area contributed by atoms with Crippen LogP contribution < -0.4 is 0 Å². The van der Waals surface area contributed by atoms with Crippen molar-refractivity contribution in [1.29, 1.82) is 0 Å². The SMILES string of the molecule is C[Si](C)(C)OCCCC1CCCC1. The summed E-state index contributed by atoms with van der Waals surface area (Å²) in [5, 5.41) is 0. The zero-order valence-electron chi connectivity index (χ0n) is 9.44. The van der Waals surface area contributed by atoms with E-state index in [1.165, 1.54) is 38.5 Å². The van der Waals surface area contributed by atoms with Crippen LogP contribution in [0.5, 0.6) is 0 Å². The Kier molecular flexibility index (Phi) is 4.46. The van der Waals surface area contributed by atoms with Crippen molar-refractivity contribution < 1.29 is 4.43 Å². The minimum Gasteiger partial charge on any atom is -0.418 e. The Morgan fingerprint density at radius 1 is 1.15 bits per heavy atom. The molecule has 0 heterocycles. The Morgan fingerprint density at radius 3 is 2.31 bits per heavy atom. The summed E-state index contributed by atoms with van der Waals surface area (Å²) in [7, 11) is -1.23. The maximum Gasteiger partial charge on any atom is 0.183 e. The van der Waals surface area contributed by atoms with E-state index in [1.807, 2.05) is 0 Å². The molecule has 1 fully saturated rings. The summed E-state index contributed by atoms with van der Waals surface area (Å²) >= 11 is 0. The Morgan fingerprint density at radius 2 is 1.77 bits per heavy atom. The molecular weight excluding hydrogens is 176 g/mol. The molecule has 1 nitrogen and oxygen atoms in total. The number of hydrogen-bond donors (Lipinski definition) is 0. The van der Waals surface area contributed by atoms with E-state index in [1.54, 1.807) is 0 Å². The van der Waals surface area contributed by atoms with Gasteiger partial charge in [-0.2, -0.15) is 0 Å². The van der Waals surface area contributed by atoms with Gasteiger partial charge in [-0.05, 0) is 38.4 Å². The molecule has 1 rings (SSSR count). The lowest BCUT2D eigenvalue weighted by Gasteiger charge is -2.17. The van der Waals surface area contributed by atoms with Gasteiger partial charge in [0.25, 0.3) is 0 Å². The summed E-state index contributed by atoms with van der Waals surface area (Å²) in [6.45, 7) is 7.81. The van der Waals surface area contributed by atoms with Crippen LogP contribution in [-0.2, 0) is 4.43 Å². The van der Waals surface area contributed by atoms with E-state index in [9.17, 15) is 0 Å². The van der Waals surface area contributed by atoms with E-state index >= 15 is 0 Å². The minimum absolute atomic E-state index is 1.01. The summed E-state index contributed by atoms with van der Waals surface area (Å²) in [5.41, 5.74) is 0. The average Bonchev–Trinajstić information content (AvgIpc) is 2.48. The van der Waals surface area contributed by atoms with Gasteiger partial charge in [0.05, 0.1) is 0 Å². The Balaban J connectivity index is 1.94. The molecule has 0 aromatic heterocycles. The van der Waals surface area contributed by atoms with Crippen LogP contribution in [0.4, 0.5) is 0 Å². The van der Waals surface area contributed by atoms with Crippen molar-refractivity contribution in [3.05, 3.63) is 0 Å². The van der Waals surface area contributed by atoms with Crippen LogP contribution in [0.15, 0.2) is 0 Å². The Bertz CT molecular complexity index is 134. The molecule has 0 amide bonds. The molecule has 1 aliphatic rings. The monoisotopic (exact) mass is 200 g/mol. The highest BCUT2D eigenvalue weighted by atomic mass is 28.4. The van der Waals surface area contributed by atoms with E-state index in [0.29, 0.717) is 0 Å². The van der Waals surface area contributed by atoms with Gasteiger partial charge < -0.3 is 4.43 Å². The zero-order chi connectivity index (χ0) is 9.73. The van der Waals surface area contributed by atoms with Crippen LogP contribution in [0, 0.1) is 5.92 Å². The molecule has 13 heavy (non-hydrogen) atoms. The summed E-state index contributed by atoms with van der Waals surface area (Å²) in [5.74, 6) is 1.03. The van der Waals surface area contributed by atoms with Crippen molar-refractivity contribution in [1.82, 2.24) is 0 Å². The van der Waals surface area contributed by atoms with Gasteiger partial charge in [-0.1, -0.05) is 25.7 Å². The standard InChI is InChI=1S/C11H24OSi/c1-13(2,3)12-10-6-9-11-7-4-5-8-11/h11H,4-10H2,1-3H3. The highest BCUT2D eigenvalue weighted by molar-refractivity contribution is 6.69. The van der Waals surface area contributed by atoms with Crippen LogP contribution in [0.3, 0.4) is 0 Å². The predicted molar refractivity (Wildman–Crippen MR) is 60.5 cm³/mol. The first-order chi connectivity index (χ1) is 6.08. The van der Waals surface area contributed by atoms with Gasteiger partial charge in [0.2, 0.25) is 0 Å². The first-order valence-electron chi connectivity index (χ1n) is 5.72. The van der Waals surface area contributed by atoms with E-state index in [-0.39, 0.29) is 0 Å². The summed E-state index contributed by atoms with van der Waals surface area (Å²) in [6.07, 6.45) is 8.60. The third kappa shape index (κ3) is 5.48. The molecule has 0 aliphatic heterocycles. The normalized spacial score (nSPS) is 19.6. The predicted octanol–water partition coefficient (Wildman–Crippen LogP) is 3.81. The molecule has 0 aromatic rings. The highest BCUT2D eigenvalue weighted by Gasteiger charge is 2.16. The van der Waals surface area contributed by atoms with Crippen LogP contribution in [-0.4, -0.2) is 14.9 Å². The smallest absolute Gasteiger partial charge is 0.183 e. The second kappa shape index (κ2) is 5.16. The van der Waals surface area contributed by atoms with Crippen molar-refractivity contribution in [2.45, 2.75) is 58.2 Å². The fraction of sp³-hybridized carbons (Fsp3) is 1.00. The maximum absolute atomic E-state index is 5.83. The first kappa shape index (κ1) is 11.3. The number of rotatable bonds is 5. The molecular formula is C11H24OSi. The van der Waals surface area contributed by atoms with Crippen LogP contribution >= 0.6 is 0 Å². The first-order valence-corrected chi connectivity index (χ1v) is 9.13. The summed E-state index contributed by atoms with van der Waals surface area (Å²) < 4.78 is 5.83. The second-order valence-corrected chi connectivity index (χ2v) is 9.77. The van der Waals surface area contributed by atoms with Crippen LogP contribution in [0.25, 0.3) is 0 Å². The molecule has 0 saturated heterocycles. The molecule has 1 saturated carbocycles. The molecule has 0 atom stereocenters. The van der Waals surface area contributed by atoms with E-state index in [0.717, 1.165) is 12.5 Å². The van der Waals surface area contributed by atoms with E-state index in [4.69, 9.17) is 4.43 Å². The van der Waals surface area contributed by atoms with Crippen molar-refractivity contribution >= 4 is 8.32 Å². The van der Waals surface area contributed by atoms with E-state index in [2.05, 4.69) is 19.6 Å². The highest BCUT2D eigenvalue weighted by Crippen LogP contribution is 2.28. The van der Waals surface area contributed by atoms with Gasteiger partial charge in [0.1, 0.15) is 0 Å². The molecule has 0 aromatic carbocycles. The fourth-order valence-electron chi connectivity index (χ4n) is 2.05. The lowest BCUT2D eigenvalue weighted by atomic mass is 10.0. The summed E-state index contributed by atoms with van der Waals surface area (Å²) in [6, 6.07) is 0. The third-order valence-electron chi connectivity index (χ3n) is 2.77. The third-order valence-corrected chi connectivity index (χ3v) is 3.84. The molecule has 0 N–H and O–H groups in total. The number of hydrogen-bond acceptors (Lipinski definition) is 1. The van der Waals surface area contributed by atoms with Gasteiger partial charge in [0, 0.05) is 6.61 Å². The molecule has 0 radical (unpaired) electrons. The van der Waals surface area contributed by atoms with Gasteiger partial charge >= 0.3 is 0 Å². The average molecular weight is 200 g/mol. The van der Waals surface area contributed by atoms with Crippen molar-refractivity contribution in [3.8, 4) is 0 Å². The largest absolute Gasteiger partial charge is 0.418 e. The second-order valence-electron chi connectivity index (χ2n) is 5.25. The molecule has 0 bridgehead atoms. The van der Waals surface area contributed by atoms with Crippen LogP contribution in [0.1, 0.15) is 38.5 Å². The maximum atomic E-state index is 5.83. The van der Waals surface area contributed by atoms with Crippen molar-refractivity contribution in [3.63, 3.8) is 0 Å². The molecule has 0 unspecified atom stereocenters. The minimum atomic E-state index is -1.23. The Hall–Kier alpha value is 0.177. The molecule has 78 valence electrons. The summed E-state index contributed by atoms with van der Waals surface area (Å²) in [4.78, 5) is 0. The molecule has 2 heteroatoms. The van der Waals surface area contributed by atoms with Crippen LogP contribution in [0.2, 0.25) is 19.6 Å².